The maximum absolute atomic E-state index is 10.8. The Hall–Kier alpha value is -0.370. The molecule has 1 fully saturated rings. The highest BCUT2D eigenvalue weighted by Gasteiger charge is 2.05. The molecule has 0 amide bonds. The molecule has 2 heteroatoms. The van der Waals surface area contributed by atoms with Gasteiger partial charge in [-0.25, -0.2) is 0 Å². The van der Waals surface area contributed by atoms with Crippen LogP contribution in [-0.4, -0.2) is 18.9 Å². The van der Waals surface area contributed by atoms with Gasteiger partial charge < -0.3 is 10.1 Å². The Kier molecular flexibility index (Phi) is 7.53. The van der Waals surface area contributed by atoms with E-state index in [1.165, 1.54) is 57.8 Å². The van der Waals surface area contributed by atoms with E-state index in [4.69, 9.17) is 0 Å². The van der Waals surface area contributed by atoms with Crippen molar-refractivity contribution in [3.63, 3.8) is 0 Å². The monoisotopic (exact) mass is 211 g/mol. The first-order valence-corrected chi connectivity index (χ1v) is 6.62. The summed E-state index contributed by atoms with van der Waals surface area (Å²) in [6.07, 6.45) is 14.1. The minimum Gasteiger partial charge on any atom is -0.308 e. The van der Waals surface area contributed by atoms with Crippen molar-refractivity contribution in [1.82, 2.24) is 5.32 Å². The van der Waals surface area contributed by atoms with Crippen LogP contribution in [-0.2, 0) is 4.79 Å². The molecule has 88 valence electrons. The smallest absolute Gasteiger partial charge is 0.136 e. The van der Waals surface area contributed by atoms with Gasteiger partial charge in [0.2, 0.25) is 0 Å². The third-order valence-corrected chi connectivity index (χ3v) is 3.26. The fourth-order valence-corrected chi connectivity index (χ4v) is 2.23. The van der Waals surface area contributed by atoms with Crippen LogP contribution in [0.2, 0.25) is 0 Å². The van der Waals surface area contributed by atoms with Gasteiger partial charge in [0, 0.05) is 0 Å². The van der Waals surface area contributed by atoms with Gasteiger partial charge in [0.1, 0.15) is 6.29 Å². The lowest BCUT2D eigenvalue weighted by atomic mass is 10.1. The van der Waals surface area contributed by atoms with Crippen LogP contribution in [0.5, 0.6) is 0 Å². The van der Waals surface area contributed by atoms with Crippen LogP contribution < -0.4 is 5.32 Å². The van der Waals surface area contributed by atoms with E-state index in [0.29, 0.717) is 0 Å². The zero-order chi connectivity index (χ0) is 10.8. The quantitative estimate of drug-likeness (QED) is 0.675. The molecular formula is C13H25NO. The summed E-state index contributed by atoms with van der Waals surface area (Å²) in [4.78, 5) is 10.8. The van der Waals surface area contributed by atoms with Crippen LogP contribution in [0, 0.1) is 0 Å². The second-order valence-corrected chi connectivity index (χ2v) is 4.67. The van der Waals surface area contributed by atoms with Gasteiger partial charge in [-0.05, 0) is 19.4 Å². The molecule has 0 aliphatic carbocycles. The molecule has 15 heavy (non-hydrogen) atoms. The van der Waals surface area contributed by atoms with Crippen molar-refractivity contribution in [2.75, 3.05) is 6.54 Å². The summed E-state index contributed by atoms with van der Waals surface area (Å²) < 4.78 is 0. The van der Waals surface area contributed by atoms with Crippen LogP contribution in [0.4, 0.5) is 0 Å². The number of hydrogen-bond acceptors (Lipinski definition) is 2. The first-order chi connectivity index (χ1) is 7.43. The third-order valence-electron chi connectivity index (χ3n) is 3.26. The first-order valence-electron chi connectivity index (χ1n) is 6.62. The molecule has 0 aromatic rings. The molecule has 0 saturated carbocycles. The molecule has 1 N–H and O–H groups in total. The van der Waals surface area contributed by atoms with E-state index in [0.717, 1.165) is 19.3 Å². The van der Waals surface area contributed by atoms with E-state index in [1.54, 1.807) is 0 Å². The molecule has 2 nitrogen and oxygen atoms in total. The van der Waals surface area contributed by atoms with E-state index >= 15 is 0 Å². The molecule has 1 unspecified atom stereocenters. The molecule has 0 bridgehead atoms. The maximum atomic E-state index is 10.8. The molecule has 1 atom stereocenters. The minimum atomic E-state index is 0.116. The number of carbonyl (C=O) groups is 1. The summed E-state index contributed by atoms with van der Waals surface area (Å²) in [5.74, 6) is 0. The van der Waals surface area contributed by atoms with E-state index in [1.807, 2.05) is 0 Å². The highest BCUT2D eigenvalue weighted by atomic mass is 16.1. The van der Waals surface area contributed by atoms with Gasteiger partial charge in [0.25, 0.3) is 0 Å². The minimum absolute atomic E-state index is 0.116. The lowest BCUT2D eigenvalue weighted by Gasteiger charge is -2.11. The van der Waals surface area contributed by atoms with Gasteiger partial charge >= 0.3 is 0 Å². The molecule has 1 aliphatic rings. The first kappa shape index (κ1) is 12.7. The van der Waals surface area contributed by atoms with Gasteiger partial charge in [-0.3, -0.25) is 0 Å². The van der Waals surface area contributed by atoms with Crippen LogP contribution in [0.25, 0.3) is 0 Å². The molecule has 0 radical (unpaired) electrons. The molecule has 0 aromatic heterocycles. The van der Waals surface area contributed by atoms with Gasteiger partial charge in [-0.1, -0.05) is 51.4 Å². The fraction of sp³-hybridized carbons (Fsp3) is 0.923. The average molecular weight is 211 g/mol. The third kappa shape index (κ3) is 6.67. The van der Waals surface area contributed by atoms with Crippen molar-refractivity contribution in [1.29, 1.82) is 0 Å². The SMILES string of the molecule is O=CC1CCCCCCCCCCCN1. The Morgan fingerprint density at radius 2 is 1.33 bits per heavy atom. The van der Waals surface area contributed by atoms with Crippen molar-refractivity contribution in [3.8, 4) is 0 Å². The van der Waals surface area contributed by atoms with Crippen LogP contribution in [0.15, 0.2) is 0 Å². The Labute approximate surface area is 93.8 Å². The Morgan fingerprint density at radius 1 is 0.800 bits per heavy atom. The van der Waals surface area contributed by atoms with Crippen LogP contribution >= 0.6 is 0 Å². The number of rotatable bonds is 1. The van der Waals surface area contributed by atoms with Gasteiger partial charge in [-0.2, -0.15) is 0 Å². The highest BCUT2D eigenvalue weighted by molar-refractivity contribution is 5.57. The van der Waals surface area contributed by atoms with E-state index in [-0.39, 0.29) is 6.04 Å². The summed E-state index contributed by atoms with van der Waals surface area (Å²) >= 11 is 0. The lowest BCUT2D eigenvalue weighted by molar-refractivity contribution is -0.109. The number of hydrogen-bond donors (Lipinski definition) is 1. The molecule has 1 heterocycles. The Balaban J connectivity index is 2.20. The standard InChI is InChI=1S/C13H25NO/c15-12-13-10-8-6-4-2-1-3-5-7-9-11-14-13/h12-14H,1-11H2. The summed E-state index contributed by atoms with van der Waals surface area (Å²) in [7, 11) is 0. The topological polar surface area (TPSA) is 29.1 Å². The largest absolute Gasteiger partial charge is 0.308 e. The number of carbonyl (C=O) groups excluding carboxylic acids is 1. The predicted molar refractivity (Wildman–Crippen MR) is 64.0 cm³/mol. The zero-order valence-electron chi connectivity index (χ0n) is 9.84. The normalized spacial score (nSPS) is 27.1. The predicted octanol–water partition coefficient (Wildman–Crippen LogP) is 3.06. The summed E-state index contributed by atoms with van der Waals surface area (Å²) in [5, 5.41) is 3.34. The second-order valence-electron chi connectivity index (χ2n) is 4.67. The molecule has 0 spiro atoms. The summed E-state index contributed by atoms with van der Waals surface area (Å²) in [5.41, 5.74) is 0. The molecule has 1 rings (SSSR count). The Bertz CT molecular complexity index is 145. The van der Waals surface area contributed by atoms with Crippen LogP contribution in [0.1, 0.15) is 64.2 Å². The maximum Gasteiger partial charge on any atom is 0.136 e. The molecule has 1 saturated heterocycles. The van der Waals surface area contributed by atoms with Crippen molar-refractivity contribution in [2.24, 2.45) is 0 Å². The number of aldehydes is 1. The Morgan fingerprint density at radius 3 is 1.93 bits per heavy atom. The number of nitrogens with one attached hydrogen (secondary N) is 1. The van der Waals surface area contributed by atoms with E-state index in [9.17, 15) is 4.79 Å². The van der Waals surface area contributed by atoms with Crippen molar-refractivity contribution >= 4 is 6.29 Å². The fourth-order valence-electron chi connectivity index (χ4n) is 2.23. The molecule has 0 aromatic carbocycles. The molecule has 1 aliphatic heterocycles. The van der Waals surface area contributed by atoms with Gasteiger partial charge in [0.15, 0.2) is 0 Å². The molecular weight excluding hydrogens is 186 g/mol. The van der Waals surface area contributed by atoms with Crippen molar-refractivity contribution in [2.45, 2.75) is 70.3 Å². The second kappa shape index (κ2) is 8.90. The average Bonchev–Trinajstić information content (AvgIpc) is 2.29. The van der Waals surface area contributed by atoms with Crippen molar-refractivity contribution in [3.05, 3.63) is 0 Å². The van der Waals surface area contributed by atoms with Crippen LogP contribution in [0.3, 0.4) is 0 Å². The lowest BCUT2D eigenvalue weighted by Crippen LogP contribution is -2.31. The van der Waals surface area contributed by atoms with Gasteiger partial charge in [0.05, 0.1) is 6.04 Å². The summed E-state index contributed by atoms with van der Waals surface area (Å²) in [6, 6.07) is 0.116. The van der Waals surface area contributed by atoms with E-state index in [2.05, 4.69) is 5.32 Å². The van der Waals surface area contributed by atoms with Crippen molar-refractivity contribution < 1.29 is 4.79 Å². The van der Waals surface area contributed by atoms with Gasteiger partial charge in [-0.15, -0.1) is 0 Å². The summed E-state index contributed by atoms with van der Waals surface area (Å²) in [6.45, 7) is 1.02. The van der Waals surface area contributed by atoms with E-state index < -0.39 is 0 Å². The highest BCUT2D eigenvalue weighted by Crippen LogP contribution is 2.12. The zero-order valence-corrected chi connectivity index (χ0v) is 9.84.